The van der Waals surface area contributed by atoms with Gasteiger partial charge in [-0.25, -0.2) is 4.79 Å². The molecule has 0 aromatic rings. The lowest BCUT2D eigenvalue weighted by molar-refractivity contribution is -0.665. The second-order valence-corrected chi connectivity index (χ2v) is 6.45. The Hall–Kier alpha value is -0.260. The van der Waals surface area contributed by atoms with Gasteiger partial charge in [-0.3, -0.25) is 0 Å². The fraction of sp³-hybridized carbons (Fsp3) is 0.923. The molecule has 0 aromatic carbocycles. The Morgan fingerprint density at radius 2 is 2.11 bits per heavy atom. The summed E-state index contributed by atoms with van der Waals surface area (Å²) in [5, 5.41) is 12.0. The molecule has 1 rings (SSSR count). The maximum absolute atomic E-state index is 11.8. The summed E-state index contributed by atoms with van der Waals surface area (Å²) in [4.78, 5) is 11.8. The summed E-state index contributed by atoms with van der Waals surface area (Å²) in [7, 11) is 0. The number of aliphatic hydroxyl groups excluding tert-OH is 1. The van der Waals surface area contributed by atoms with Gasteiger partial charge < -0.3 is 15.2 Å². The number of rotatable bonds is 6. The molecule has 1 saturated heterocycles. The van der Waals surface area contributed by atoms with Crippen molar-refractivity contribution in [1.29, 1.82) is 0 Å². The summed E-state index contributed by atoms with van der Waals surface area (Å²) in [6.07, 6.45) is 3.59. The highest BCUT2D eigenvalue weighted by molar-refractivity contribution is 7.98. The number of quaternary nitrogens is 1. The van der Waals surface area contributed by atoms with Gasteiger partial charge in [-0.1, -0.05) is 0 Å². The minimum Gasteiger partial charge on any atom is -0.457 e. The number of nitrogens with two attached hydrogens (primary N) is 1. The highest BCUT2D eigenvalue weighted by Gasteiger charge is 2.36. The number of thioether (sulfide) groups is 1. The van der Waals surface area contributed by atoms with Crippen molar-refractivity contribution >= 4 is 17.7 Å². The quantitative estimate of drug-likeness (QED) is 0.689. The minimum atomic E-state index is -0.980. The zero-order valence-electron chi connectivity index (χ0n) is 11.6. The van der Waals surface area contributed by atoms with Crippen molar-refractivity contribution < 1.29 is 20.0 Å². The van der Waals surface area contributed by atoms with E-state index in [1.54, 1.807) is 11.8 Å². The molecule has 1 heterocycles. The van der Waals surface area contributed by atoms with E-state index in [4.69, 9.17) is 4.74 Å². The molecule has 18 heavy (non-hydrogen) atoms. The number of carbonyl (C=O) groups excluding carboxylic acids is 1. The fourth-order valence-corrected chi connectivity index (χ4v) is 2.84. The smallest absolute Gasteiger partial charge is 0.335 e. The number of esters is 1. The van der Waals surface area contributed by atoms with Crippen LogP contribution in [0.1, 0.15) is 33.1 Å². The van der Waals surface area contributed by atoms with Crippen LogP contribution in [0.3, 0.4) is 0 Å². The van der Waals surface area contributed by atoms with Crippen LogP contribution in [0.25, 0.3) is 0 Å². The van der Waals surface area contributed by atoms with Gasteiger partial charge in [0.15, 0.2) is 6.10 Å². The second kappa shape index (κ2) is 7.36. The van der Waals surface area contributed by atoms with E-state index in [0.29, 0.717) is 12.3 Å². The Labute approximate surface area is 114 Å². The van der Waals surface area contributed by atoms with Crippen LogP contribution in [0.5, 0.6) is 0 Å². The number of carbonyl (C=O) groups is 1. The number of piperidine rings is 1. The number of ether oxygens (including phenoxy) is 1. The van der Waals surface area contributed by atoms with E-state index in [1.165, 1.54) is 0 Å². The van der Waals surface area contributed by atoms with Gasteiger partial charge >= 0.3 is 5.97 Å². The van der Waals surface area contributed by atoms with Gasteiger partial charge in [0.25, 0.3) is 0 Å². The first-order chi connectivity index (χ1) is 8.47. The van der Waals surface area contributed by atoms with Gasteiger partial charge in [0.2, 0.25) is 0 Å². The molecule has 0 saturated carbocycles. The average molecular weight is 276 g/mol. The summed E-state index contributed by atoms with van der Waals surface area (Å²) >= 11 is 1.62. The summed E-state index contributed by atoms with van der Waals surface area (Å²) in [6.45, 7) is 6.12. The van der Waals surface area contributed by atoms with Crippen molar-refractivity contribution in [3.8, 4) is 0 Å². The minimum absolute atomic E-state index is 0.402. The van der Waals surface area contributed by atoms with E-state index in [2.05, 4.69) is 5.32 Å². The Bertz CT molecular complexity index is 265. The summed E-state index contributed by atoms with van der Waals surface area (Å²) in [6, 6.07) is 0. The lowest BCUT2D eigenvalue weighted by Gasteiger charge is -2.36. The van der Waals surface area contributed by atoms with Gasteiger partial charge in [-0.15, -0.1) is 0 Å². The molecule has 4 nitrogen and oxygen atoms in total. The molecule has 0 aromatic heterocycles. The molecule has 3 N–H and O–H groups in total. The Kier molecular flexibility index (Phi) is 6.46. The number of hydrogen-bond donors (Lipinski definition) is 2. The van der Waals surface area contributed by atoms with Gasteiger partial charge in [-0.05, 0) is 32.3 Å². The second-order valence-electron chi connectivity index (χ2n) is 5.46. The molecule has 0 bridgehead atoms. The van der Waals surface area contributed by atoms with Crippen molar-refractivity contribution in [2.75, 3.05) is 25.1 Å². The van der Waals surface area contributed by atoms with E-state index < -0.39 is 17.7 Å². The molecule has 1 aliphatic rings. The van der Waals surface area contributed by atoms with Crippen molar-refractivity contribution in [2.24, 2.45) is 5.92 Å². The monoisotopic (exact) mass is 276 g/mol. The molecule has 0 radical (unpaired) electrons. The molecule has 1 unspecified atom stereocenters. The van der Waals surface area contributed by atoms with Crippen LogP contribution < -0.4 is 5.32 Å². The van der Waals surface area contributed by atoms with Gasteiger partial charge in [0, 0.05) is 18.8 Å². The molecule has 1 aliphatic heterocycles. The Morgan fingerprint density at radius 3 is 2.67 bits per heavy atom. The van der Waals surface area contributed by atoms with Crippen molar-refractivity contribution in [3.63, 3.8) is 0 Å². The molecule has 1 atom stereocenters. The van der Waals surface area contributed by atoms with Crippen molar-refractivity contribution in [3.05, 3.63) is 0 Å². The Morgan fingerprint density at radius 1 is 1.50 bits per heavy atom. The standard InChI is InChI=1S/C13H25NO3S/c1-13(2,10-4-7-14-8-5-10)17-12(16)11(15)6-9-18-3/h10-11,14-15H,4-9H2,1-3H3/p+1. The lowest BCUT2D eigenvalue weighted by atomic mass is 9.83. The first-order valence-electron chi connectivity index (χ1n) is 6.69. The van der Waals surface area contributed by atoms with Crippen LogP contribution in [0.4, 0.5) is 0 Å². The molecule has 1 fully saturated rings. The predicted octanol–water partition coefficient (Wildman–Crippen LogP) is 0.396. The van der Waals surface area contributed by atoms with Crippen LogP contribution in [0.2, 0.25) is 0 Å². The van der Waals surface area contributed by atoms with Gasteiger partial charge in [0.05, 0.1) is 13.1 Å². The fourth-order valence-electron chi connectivity index (χ4n) is 2.38. The van der Waals surface area contributed by atoms with Crippen LogP contribution in [0, 0.1) is 5.92 Å². The molecule has 0 aliphatic carbocycles. The van der Waals surface area contributed by atoms with Crippen LogP contribution in [-0.4, -0.2) is 47.9 Å². The normalized spacial score (nSPS) is 19.6. The van der Waals surface area contributed by atoms with E-state index >= 15 is 0 Å². The highest BCUT2D eigenvalue weighted by Crippen LogP contribution is 2.28. The van der Waals surface area contributed by atoms with Crippen molar-refractivity contribution in [2.45, 2.75) is 44.8 Å². The molecule has 106 valence electrons. The molecular formula is C13H26NO3S+. The van der Waals surface area contributed by atoms with Crippen molar-refractivity contribution in [1.82, 2.24) is 0 Å². The first kappa shape index (κ1) is 15.8. The zero-order valence-corrected chi connectivity index (χ0v) is 12.5. The van der Waals surface area contributed by atoms with Gasteiger partial charge in [-0.2, -0.15) is 11.8 Å². The highest BCUT2D eigenvalue weighted by atomic mass is 32.2. The third kappa shape index (κ3) is 4.78. The van der Waals surface area contributed by atoms with Crippen LogP contribution in [0.15, 0.2) is 0 Å². The number of aliphatic hydroxyl groups is 1. The lowest BCUT2D eigenvalue weighted by Crippen LogP contribution is -2.86. The third-order valence-corrected chi connectivity index (χ3v) is 4.30. The van der Waals surface area contributed by atoms with Crippen LogP contribution in [-0.2, 0) is 9.53 Å². The maximum atomic E-state index is 11.8. The maximum Gasteiger partial charge on any atom is 0.335 e. The van der Waals surface area contributed by atoms with Crippen LogP contribution >= 0.6 is 11.8 Å². The van der Waals surface area contributed by atoms with E-state index in [1.807, 2.05) is 20.1 Å². The third-order valence-electron chi connectivity index (χ3n) is 3.65. The summed E-state index contributed by atoms with van der Waals surface area (Å²) in [5.41, 5.74) is -0.467. The first-order valence-corrected chi connectivity index (χ1v) is 8.08. The molecule has 0 spiro atoms. The topological polar surface area (TPSA) is 63.1 Å². The molecular weight excluding hydrogens is 250 g/mol. The van der Waals surface area contributed by atoms with E-state index in [9.17, 15) is 9.90 Å². The average Bonchev–Trinajstić information content (AvgIpc) is 2.36. The van der Waals surface area contributed by atoms with Gasteiger partial charge in [0.1, 0.15) is 5.60 Å². The summed E-state index contributed by atoms with van der Waals surface area (Å²) in [5.74, 6) is 0.706. The summed E-state index contributed by atoms with van der Waals surface area (Å²) < 4.78 is 5.52. The van der Waals surface area contributed by atoms with E-state index in [-0.39, 0.29) is 0 Å². The van der Waals surface area contributed by atoms with E-state index in [0.717, 1.165) is 31.7 Å². The number of hydrogen-bond acceptors (Lipinski definition) is 4. The SMILES string of the molecule is CSCCC(O)C(=O)OC(C)(C)C1CC[NH2+]CC1. The Balaban J connectivity index is 2.45. The zero-order chi connectivity index (χ0) is 13.6. The largest absolute Gasteiger partial charge is 0.457 e. The molecule has 5 heteroatoms. The molecule has 0 amide bonds. The predicted molar refractivity (Wildman–Crippen MR) is 73.6 cm³/mol.